The number of methoxy groups -OCH3 is 1. The number of benzene rings is 2. The molecule has 2 aromatic carbocycles. The van der Waals surface area contributed by atoms with Crippen molar-refractivity contribution >= 4 is 49.4 Å². The summed E-state index contributed by atoms with van der Waals surface area (Å²) in [6.07, 6.45) is -0.841. The van der Waals surface area contributed by atoms with E-state index in [1.165, 1.54) is 23.8 Å². The molecule has 3 aliphatic rings. The van der Waals surface area contributed by atoms with E-state index in [0.29, 0.717) is 29.8 Å². The molecule has 2 fully saturated rings. The van der Waals surface area contributed by atoms with Crippen LogP contribution < -0.4 is 9.80 Å². The summed E-state index contributed by atoms with van der Waals surface area (Å²) in [6.45, 7) is 6.43. The number of unbranched alkanes of at least 4 members (excludes halogenated alkanes) is 1. The van der Waals surface area contributed by atoms with Crippen molar-refractivity contribution in [1.29, 1.82) is 0 Å². The Bertz CT molecular complexity index is 1620. The van der Waals surface area contributed by atoms with Gasteiger partial charge in [0.15, 0.2) is 11.8 Å². The zero-order valence-electron chi connectivity index (χ0n) is 29.2. The quantitative estimate of drug-likeness (QED) is 0.100. The highest BCUT2D eigenvalue weighted by Gasteiger charge is 2.67. The van der Waals surface area contributed by atoms with Crippen molar-refractivity contribution in [3.05, 3.63) is 59.7 Å². The Kier molecular flexibility index (Phi) is 11.1. The van der Waals surface area contributed by atoms with Crippen LogP contribution in [-0.2, 0) is 50.3 Å². The normalized spacial score (nSPS) is 24.3. The summed E-state index contributed by atoms with van der Waals surface area (Å²) in [5.74, 6) is -2.62. The van der Waals surface area contributed by atoms with Gasteiger partial charge in [0, 0.05) is 55.7 Å². The number of anilines is 2. The molecule has 0 radical (unpaired) electrons. The van der Waals surface area contributed by atoms with E-state index in [2.05, 4.69) is 0 Å². The molecule has 1 spiro atoms. The highest BCUT2D eigenvalue weighted by Crippen LogP contribution is 2.60. The number of amides is 3. The van der Waals surface area contributed by atoms with Gasteiger partial charge in [0.1, 0.15) is 0 Å². The van der Waals surface area contributed by atoms with E-state index in [1.807, 2.05) is 30.3 Å². The van der Waals surface area contributed by atoms with E-state index in [0.717, 1.165) is 5.56 Å². The third kappa shape index (κ3) is 7.19. The van der Waals surface area contributed by atoms with Crippen molar-refractivity contribution < 1.29 is 47.4 Å². The van der Waals surface area contributed by atoms with Gasteiger partial charge in [-0.2, -0.15) is 0 Å². The number of hydrogen-bond donors (Lipinski definition) is 1. The molecule has 3 heterocycles. The number of fused-ring (bicyclic) bond motifs is 2. The predicted octanol–water partition coefficient (Wildman–Crippen LogP) is 4.19. The first kappa shape index (κ1) is 37.1. The largest absolute Gasteiger partial charge is 0.469 e. The molecule has 50 heavy (non-hydrogen) atoms. The van der Waals surface area contributed by atoms with Crippen molar-refractivity contribution in [3.8, 4) is 0 Å². The van der Waals surface area contributed by atoms with Crippen LogP contribution in [0.2, 0.25) is 18.6 Å². The lowest BCUT2D eigenvalue weighted by Gasteiger charge is -2.39. The molecule has 0 saturated carbocycles. The summed E-state index contributed by atoms with van der Waals surface area (Å²) >= 11 is 0. The van der Waals surface area contributed by atoms with Gasteiger partial charge in [-0.1, -0.05) is 37.3 Å². The summed E-state index contributed by atoms with van der Waals surface area (Å²) < 4.78 is 33.3. The number of carbonyl (C=O) groups is 5. The van der Waals surface area contributed by atoms with Crippen molar-refractivity contribution in [2.45, 2.75) is 89.1 Å². The number of nitrogens with zero attached hydrogens (tertiary/aromatic N) is 3. The average Bonchev–Trinajstić information content (AvgIpc) is 3.48. The maximum Gasteiger partial charge on any atom is 0.305 e. The molecule has 2 aromatic rings. The zero-order valence-corrected chi connectivity index (χ0v) is 30.2. The topological polar surface area (TPSA) is 143 Å². The Morgan fingerprint density at radius 3 is 2.46 bits per heavy atom. The lowest BCUT2D eigenvalue weighted by molar-refractivity contribution is -0.154. The summed E-state index contributed by atoms with van der Waals surface area (Å²) in [7, 11) is -2.30. The van der Waals surface area contributed by atoms with E-state index in [9.17, 15) is 29.1 Å². The van der Waals surface area contributed by atoms with E-state index in [4.69, 9.17) is 14.2 Å². The summed E-state index contributed by atoms with van der Waals surface area (Å²) in [4.78, 5) is 69.3. The fraction of sp³-hybridized carbons (Fsp3) is 0.528. The van der Waals surface area contributed by atoms with Gasteiger partial charge < -0.3 is 33.2 Å². The van der Waals surface area contributed by atoms with Crippen molar-refractivity contribution in [2.24, 2.45) is 5.92 Å². The number of β-lactam (4-membered cyclic amide) rings is 1. The maximum atomic E-state index is 16.5. The Hall–Kier alpha value is -4.14. The van der Waals surface area contributed by atoms with Gasteiger partial charge in [0.05, 0.1) is 38.3 Å². The number of halogens is 1. The fourth-order valence-electron chi connectivity index (χ4n) is 7.75. The molecular weight excluding hydrogens is 665 g/mol. The number of hydrogen-bond acceptors (Lipinski definition) is 9. The second-order valence-corrected chi connectivity index (χ2v) is 17.5. The molecule has 2 saturated heterocycles. The van der Waals surface area contributed by atoms with Crippen LogP contribution in [0, 0.1) is 5.92 Å². The van der Waals surface area contributed by atoms with Gasteiger partial charge >= 0.3 is 11.9 Å². The monoisotopic (exact) mass is 711 g/mol. The average molecular weight is 712 g/mol. The molecule has 1 unspecified atom stereocenters. The predicted molar refractivity (Wildman–Crippen MR) is 184 cm³/mol. The molecule has 0 bridgehead atoms. The smallest absolute Gasteiger partial charge is 0.305 e. The van der Waals surface area contributed by atoms with Crippen molar-refractivity contribution in [1.82, 2.24) is 4.90 Å². The molecule has 1 N–H and O–H groups in total. The molecule has 5 rings (SSSR count). The standard InChI is InChI=1S/C36H46FN3O9Si/c1-23-34(50(4,5)37)29(20-30(43)38(17-18-41)22-25-11-7-6-8-12-25)49-36(23)27-19-26(40-31(44)21-32(40)48-24(2)42)14-15-28(27)39(35(36)46)16-10-9-13-33(45)47-3/h6-8,11-12,14-15,19,23,29,32,34,41H,9-10,13,16-18,20-22H2,1-5H3/t23-,29+,32?,34-,36+/m0/s1. The van der Waals surface area contributed by atoms with Gasteiger partial charge in [-0.05, 0) is 49.7 Å². The molecule has 3 aliphatic heterocycles. The first-order chi connectivity index (χ1) is 23.7. The minimum atomic E-state index is -3.62. The first-order valence-electron chi connectivity index (χ1n) is 17.0. The SMILES string of the molecule is COC(=O)CCCCN1C(=O)[C@]2(O[C@H](CC(=O)N(CCO)Cc3ccccc3)[C@@H]([Si](C)(C)F)[C@@H]2C)c2cc(N3C(=O)CC3OC(C)=O)ccc21. The third-order valence-electron chi connectivity index (χ3n) is 9.99. The minimum absolute atomic E-state index is 0.0151. The number of aliphatic hydroxyl groups is 1. The lowest BCUT2D eigenvalue weighted by Crippen LogP contribution is -2.55. The molecule has 270 valence electrons. The van der Waals surface area contributed by atoms with Crippen molar-refractivity contribution in [2.75, 3.05) is 36.6 Å². The van der Waals surface area contributed by atoms with E-state index in [1.54, 1.807) is 43.1 Å². The molecule has 12 nitrogen and oxygen atoms in total. The van der Waals surface area contributed by atoms with Crippen LogP contribution in [0.15, 0.2) is 48.5 Å². The van der Waals surface area contributed by atoms with Crippen LogP contribution in [0.3, 0.4) is 0 Å². The van der Waals surface area contributed by atoms with E-state index in [-0.39, 0.29) is 63.3 Å². The Labute approximate surface area is 292 Å². The summed E-state index contributed by atoms with van der Waals surface area (Å²) in [5, 5.41) is 9.79. The van der Waals surface area contributed by atoms with Crippen molar-refractivity contribution in [3.63, 3.8) is 0 Å². The molecule has 0 aromatic heterocycles. The van der Waals surface area contributed by atoms with Crippen LogP contribution >= 0.6 is 0 Å². The van der Waals surface area contributed by atoms with Crippen LogP contribution in [0.25, 0.3) is 0 Å². The number of rotatable bonds is 14. The Morgan fingerprint density at radius 2 is 1.84 bits per heavy atom. The number of aliphatic hydroxyl groups excluding tert-OH is 1. The van der Waals surface area contributed by atoms with Gasteiger partial charge in [-0.15, -0.1) is 0 Å². The first-order valence-corrected chi connectivity index (χ1v) is 20.0. The van der Waals surface area contributed by atoms with Gasteiger partial charge in [0.2, 0.25) is 20.2 Å². The van der Waals surface area contributed by atoms with Crippen LogP contribution in [0.1, 0.15) is 57.1 Å². The Balaban J connectivity index is 1.52. The summed E-state index contributed by atoms with van der Waals surface area (Å²) in [5.41, 5.74) is -0.214. The summed E-state index contributed by atoms with van der Waals surface area (Å²) in [6, 6.07) is 14.4. The van der Waals surface area contributed by atoms with Crippen LogP contribution in [0.4, 0.5) is 15.5 Å². The Morgan fingerprint density at radius 1 is 1.12 bits per heavy atom. The van der Waals surface area contributed by atoms with Gasteiger partial charge in [0.25, 0.3) is 5.91 Å². The third-order valence-corrected chi connectivity index (χ3v) is 12.4. The minimum Gasteiger partial charge on any atom is -0.469 e. The molecular formula is C36H46FN3O9Si. The molecule has 5 atom stereocenters. The fourth-order valence-corrected chi connectivity index (χ4v) is 10.2. The van der Waals surface area contributed by atoms with Gasteiger partial charge in [-0.25, -0.2) is 0 Å². The molecule has 0 aliphatic carbocycles. The highest BCUT2D eigenvalue weighted by atomic mass is 28.4. The molecule has 3 amide bonds. The second-order valence-electron chi connectivity index (χ2n) is 13.7. The molecule has 14 heteroatoms. The number of carbonyl (C=O) groups excluding carboxylic acids is 5. The number of ether oxygens (including phenoxy) is 3. The zero-order chi connectivity index (χ0) is 36.4. The lowest BCUT2D eigenvalue weighted by atomic mass is 9.82. The number of esters is 2. The van der Waals surface area contributed by atoms with E-state index >= 15 is 4.11 Å². The van der Waals surface area contributed by atoms with Gasteiger partial charge in [-0.3, -0.25) is 28.9 Å². The highest BCUT2D eigenvalue weighted by molar-refractivity contribution is 6.72. The second kappa shape index (κ2) is 15.0. The maximum absolute atomic E-state index is 16.5. The van der Waals surface area contributed by atoms with Crippen LogP contribution in [-0.4, -0.2) is 87.2 Å². The van der Waals surface area contributed by atoms with E-state index < -0.39 is 49.7 Å². The van der Waals surface area contributed by atoms with Crippen LogP contribution in [0.5, 0.6) is 0 Å².